The summed E-state index contributed by atoms with van der Waals surface area (Å²) in [6.07, 6.45) is 0.768. The first-order valence-electron chi connectivity index (χ1n) is 5.69. The molecule has 0 aliphatic carbocycles. The molecule has 3 nitrogen and oxygen atoms in total. The van der Waals surface area contributed by atoms with Crippen molar-refractivity contribution in [3.63, 3.8) is 0 Å². The van der Waals surface area contributed by atoms with Gasteiger partial charge in [-0.3, -0.25) is 0 Å². The quantitative estimate of drug-likeness (QED) is 0.861. The highest BCUT2D eigenvalue weighted by atomic mass is 79.9. The maximum absolute atomic E-state index is 5.94. The number of hydrogen-bond donors (Lipinski definition) is 1. The molecule has 94 valence electrons. The Morgan fingerprint density at radius 3 is 2.78 bits per heavy atom. The smallest absolute Gasteiger partial charge is 0.134 e. The number of nitrogens with one attached hydrogen (secondary N) is 1. The summed E-state index contributed by atoms with van der Waals surface area (Å²) in [5, 5.41) is 3.72. The molecule has 2 aromatic rings. The van der Waals surface area contributed by atoms with Gasteiger partial charge in [0.15, 0.2) is 0 Å². The van der Waals surface area contributed by atoms with Crippen LogP contribution in [0.2, 0.25) is 5.15 Å². The summed E-state index contributed by atoms with van der Waals surface area (Å²) >= 11 is 9.46. The summed E-state index contributed by atoms with van der Waals surface area (Å²) in [6.45, 7) is 2.70. The second-order valence-electron chi connectivity index (χ2n) is 3.79. The Labute approximate surface area is 120 Å². The van der Waals surface area contributed by atoms with Crippen molar-refractivity contribution < 1.29 is 0 Å². The van der Waals surface area contributed by atoms with Crippen molar-refractivity contribution in [3.8, 4) is 0 Å². The van der Waals surface area contributed by atoms with Crippen LogP contribution >= 0.6 is 27.5 Å². The lowest BCUT2D eigenvalue weighted by atomic mass is 10.2. The third kappa shape index (κ3) is 3.43. The van der Waals surface area contributed by atoms with Crippen LogP contribution in [0.1, 0.15) is 18.3 Å². The van der Waals surface area contributed by atoms with Gasteiger partial charge in [0.25, 0.3) is 0 Å². The molecule has 1 heterocycles. The molecule has 0 saturated carbocycles. The number of aryl methyl sites for hydroxylation is 1. The van der Waals surface area contributed by atoms with E-state index in [1.807, 2.05) is 25.1 Å². The van der Waals surface area contributed by atoms with E-state index in [0.29, 0.717) is 11.7 Å². The molecule has 0 bridgehead atoms. The zero-order valence-corrected chi connectivity index (χ0v) is 12.3. The van der Waals surface area contributed by atoms with E-state index < -0.39 is 0 Å². The van der Waals surface area contributed by atoms with Gasteiger partial charge in [0.05, 0.1) is 0 Å². The van der Waals surface area contributed by atoms with Crippen LogP contribution < -0.4 is 5.32 Å². The number of benzene rings is 1. The van der Waals surface area contributed by atoms with Gasteiger partial charge in [0.1, 0.15) is 16.8 Å². The van der Waals surface area contributed by atoms with E-state index in [0.717, 1.165) is 22.5 Å². The van der Waals surface area contributed by atoms with E-state index in [9.17, 15) is 0 Å². The molecule has 0 spiro atoms. The van der Waals surface area contributed by atoms with Gasteiger partial charge in [-0.05, 0) is 11.6 Å². The fourth-order valence-electron chi connectivity index (χ4n) is 1.54. The number of nitrogens with zero attached hydrogens (tertiary/aromatic N) is 2. The summed E-state index contributed by atoms with van der Waals surface area (Å²) in [7, 11) is 0. The molecule has 0 aliphatic heterocycles. The van der Waals surface area contributed by atoms with E-state index in [2.05, 4.69) is 37.3 Å². The molecule has 18 heavy (non-hydrogen) atoms. The molecule has 2 rings (SSSR count). The van der Waals surface area contributed by atoms with Crippen LogP contribution in [0, 0.1) is 0 Å². The minimum absolute atomic E-state index is 0.469. The van der Waals surface area contributed by atoms with E-state index in [1.165, 1.54) is 5.56 Å². The molecule has 0 atom stereocenters. The lowest BCUT2D eigenvalue weighted by Crippen LogP contribution is -2.04. The third-order valence-electron chi connectivity index (χ3n) is 2.48. The SMILES string of the molecule is CCc1nc(Cl)cc(NCc2ccccc2Br)n1. The lowest BCUT2D eigenvalue weighted by Gasteiger charge is -2.08. The molecule has 0 radical (unpaired) electrons. The van der Waals surface area contributed by atoms with Crippen LogP contribution in [-0.4, -0.2) is 9.97 Å². The van der Waals surface area contributed by atoms with E-state index in [1.54, 1.807) is 6.07 Å². The first-order chi connectivity index (χ1) is 8.69. The van der Waals surface area contributed by atoms with Crippen molar-refractivity contribution in [3.05, 3.63) is 51.3 Å². The number of rotatable bonds is 4. The first-order valence-corrected chi connectivity index (χ1v) is 6.87. The van der Waals surface area contributed by atoms with Crippen LogP contribution in [0.4, 0.5) is 5.82 Å². The van der Waals surface area contributed by atoms with E-state index in [4.69, 9.17) is 11.6 Å². The van der Waals surface area contributed by atoms with Crippen LogP contribution in [0.15, 0.2) is 34.8 Å². The van der Waals surface area contributed by atoms with Gasteiger partial charge >= 0.3 is 0 Å². The highest BCUT2D eigenvalue weighted by Crippen LogP contribution is 2.18. The summed E-state index contributed by atoms with van der Waals surface area (Å²) in [4.78, 5) is 8.50. The molecular weight excluding hydrogens is 314 g/mol. The largest absolute Gasteiger partial charge is 0.366 e. The highest BCUT2D eigenvalue weighted by Gasteiger charge is 2.03. The molecule has 1 aromatic heterocycles. The van der Waals surface area contributed by atoms with Crippen LogP contribution in [0.5, 0.6) is 0 Å². The van der Waals surface area contributed by atoms with Crippen molar-refractivity contribution in [2.24, 2.45) is 0 Å². The molecular formula is C13H13BrClN3. The van der Waals surface area contributed by atoms with Gasteiger partial charge in [0, 0.05) is 23.5 Å². The summed E-state index contributed by atoms with van der Waals surface area (Å²) in [5.41, 5.74) is 1.17. The number of aromatic nitrogens is 2. The minimum Gasteiger partial charge on any atom is -0.366 e. The maximum Gasteiger partial charge on any atom is 0.134 e. The molecule has 1 aromatic carbocycles. The Hall–Kier alpha value is -1.13. The van der Waals surface area contributed by atoms with Crippen molar-refractivity contribution in [2.75, 3.05) is 5.32 Å². The fourth-order valence-corrected chi connectivity index (χ4v) is 2.17. The van der Waals surface area contributed by atoms with Gasteiger partial charge in [-0.15, -0.1) is 0 Å². The van der Waals surface area contributed by atoms with Gasteiger partial charge in [-0.2, -0.15) is 0 Å². The van der Waals surface area contributed by atoms with E-state index >= 15 is 0 Å². The van der Waals surface area contributed by atoms with Crippen molar-refractivity contribution >= 4 is 33.3 Å². The standard InChI is InChI=1S/C13H13BrClN3/c1-2-12-17-11(15)7-13(18-12)16-8-9-5-3-4-6-10(9)14/h3-7H,2,8H2,1H3,(H,16,17,18). The first kappa shape index (κ1) is 13.3. The molecule has 0 saturated heterocycles. The van der Waals surface area contributed by atoms with Gasteiger partial charge in [-0.25, -0.2) is 9.97 Å². The zero-order valence-electron chi connectivity index (χ0n) is 9.95. The van der Waals surface area contributed by atoms with Crippen molar-refractivity contribution in [1.29, 1.82) is 0 Å². The van der Waals surface area contributed by atoms with Crippen LogP contribution in [0.3, 0.4) is 0 Å². The normalized spacial score (nSPS) is 10.4. The lowest BCUT2D eigenvalue weighted by molar-refractivity contribution is 0.932. The number of anilines is 1. The Morgan fingerprint density at radius 2 is 2.06 bits per heavy atom. The molecule has 0 fully saturated rings. The summed E-state index contributed by atoms with van der Waals surface area (Å²) < 4.78 is 1.08. The Balaban J connectivity index is 2.11. The minimum atomic E-state index is 0.469. The topological polar surface area (TPSA) is 37.8 Å². The van der Waals surface area contributed by atoms with Crippen LogP contribution in [0.25, 0.3) is 0 Å². The van der Waals surface area contributed by atoms with Gasteiger partial charge in [-0.1, -0.05) is 52.7 Å². The van der Waals surface area contributed by atoms with Crippen molar-refractivity contribution in [1.82, 2.24) is 9.97 Å². The van der Waals surface area contributed by atoms with E-state index in [-0.39, 0.29) is 0 Å². The van der Waals surface area contributed by atoms with Gasteiger partial charge < -0.3 is 5.32 Å². The Bertz CT molecular complexity index is 546. The monoisotopic (exact) mass is 325 g/mol. The van der Waals surface area contributed by atoms with Crippen molar-refractivity contribution in [2.45, 2.75) is 19.9 Å². The molecule has 0 aliphatic rings. The molecule has 5 heteroatoms. The average molecular weight is 327 g/mol. The zero-order chi connectivity index (χ0) is 13.0. The van der Waals surface area contributed by atoms with Crippen LogP contribution in [-0.2, 0) is 13.0 Å². The Kier molecular flexibility index (Phi) is 4.55. The summed E-state index contributed by atoms with van der Waals surface area (Å²) in [6, 6.07) is 9.80. The van der Waals surface area contributed by atoms with Gasteiger partial charge in [0.2, 0.25) is 0 Å². The Morgan fingerprint density at radius 1 is 1.28 bits per heavy atom. The number of hydrogen-bond acceptors (Lipinski definition) is 3. The molecule has 0 amide bonds. The maximum atomic E-state index is 5.94. The third-order valence-corrected chi connectivity index (χ3v) is 3.44. The average Bonchev–Trinajstić information content (AvgIpc) is 2.37. The second-order valence-corrected chi connectivity index (χ2v) is 5.03. The fraction of sp³-hybridized carbons (Fsp3) is 0.231. The summed E-state index contributed by atoms with van der Waals surface area (Å²) in [5.74, 6) is 1.50. The predicted octanol–water partition coefficient (Wildman–Crippen LogP) is 4.07. The molecule has 1 N–H and O–H groups in total. The number of halogens is 2. The predicted molar refractivity (Wildman–Crippen MR) is 77.9 cm³/mol. The molecule has 0 unspecified atom stereocenters. The second kappa shape index (κ2) is 6.16. The highest BCUT2D eigenvalue weighted by molar-refractivity contribution is 9.10.